The third-order valence-corrected chi connectivity index (χ3v) is 5.58. The summed E-state index contributed by atoms with van der Waals surface area (Å²) in [7, 11) is 4.83. The summed E-state index contributed by atoms with van der Waals surface area (Å²) < 4.78 is 16.3. The first-order valence-electron chi connectivity index (χ1n) is 8.85. The summed E-state index contributed by atoms with van der Waals surface area (Å²) in [6.07, 6.45) is 2.82. The Morgan fingerprint density at radius 1 is 1.00 bits per heavy atom. The quantitative estimate of drug-likeness (QED) is 0.505. The maximum atomic E-state index is 5.92. The molecule has 3 rings (SSSR count). The van der Waals surface area contributed by atoms with Gasteiger partial charge in [-0.3, -0.25) is 0 Å². The summed E-state index contributed by atoms with van der Waals surface area (Å²) >= 11 is 7.56. The van der Waals surface area contributed by atoms with Gasteiger partial charge < -0.3 is 19.5 Å². The van der Waals surface area contributed by atoms with Gasteiger partial charge in [0.25, 0.3) is 0 Å². The first kappa shape index (κ1) is 20.5. The Morgan fingerprint density at radius 3 is 2.29 bits per heavy atom. The van der Waals surface area contributed by atoms with E-state index >= 15 is 0 Å². The fraction of sp³-hybridized carbons (Fsp3) is 0.286. The molecular formula is C21H23ClN2O3S. The Bertz CT molecular complexity index is 887. The second-order valence-electron chi connectivity index (χ2n) is 6.09. The monoisotopic (exact) mass is 418 g/mol. The fourth-order valence-corrected chi connectivity index (χ4v) is 3.83. The SMILES string of the molecule is COc1cc(-c2cnc(CNCCc3ccc(Cl)cc3)s2)cc(OC)c1OC. The molecule has 3 aromatic rings. The van der Waals surface area contributed by atoms with Crippen LogP contribution in [0.2, 0.25) is 5.02 Å². The predicted molar refractivity (Wildman–Crippen MR) is 114 cm³/mol. The van der Waals surface area contributed by atoms with Crippen molar-refractivity contribution in [1.29, 1.82) is 0 Å². The van der Waals surface area contributed by atoms with Crippen LogP contribution in [0.25, 0.3) is 10.4 Å². The molecule has 148 valence electrons. The van der Waals surface area contributed by atoms with Gasteiger partial charge >= 0.3 is 0 Å². The average molecular weight is 419 g/mol. The van der Waals surface area contributed by atoms with Gasteiger partial charge in [0.2, 0.25) is 5.75 Å². The van der Waals surface area contributed by atoms with Crippen molar-refractivity contribution in [3.63, 3.8) is 0 Å². The summed E-state index contributed by atoms with van der Waals surface area (Å²) in [6.45, 7) is 1.60. The van der Waals surface area contributed by atoms with Crippen molar-refractivity contribution in [2.45, 2.75) is 13.0 Å². The number of methoxy groups -OCH3 is 3. The smallest absolute Gasteiger partial charge is 0.203 e. The Labute approximate surface area is 174 Å². The lowest BCUT2D eigenvalue weighted by atomic mass is 10.1. The number of hydrogen-bond acceptors (Lipinski definition) is 6. The van der Waals surface area contributed by atoms with Crippen LogP contribution < -0.4 is 19.5 Å². The number of aromatic nitrogens is 1. The first-order chi connectivity index (χ1) is 13.6. The first-order valence-corrected chi connectivity index (χ1v) is 10.0. The van der Waals surface area contributed by atoms with Crippen molar-refractivity contribution in [3.05, 3.63) is 58.2 Å². The topological polar surface area (TPSA) is 52.6 Å². The molecule has 7 heteroatoms. The molecule has 0 atom stereocenters. The van der Waals surface area contributed by atoms with E-state index in [9.17, 15) is 0 Å². The third-order valence-electron chi connectivity index (χ3n) is 4.28. The minimum Gasteiger partial charge on any atom is -0.493 e. The average Bonchev–Trinajstić information content (AvgIpc) is 3.20. The number of hydrogen-bond donors (Lipinski definition) is 1. The zero-order valence-electron chi connectivity index (χ0n) is 16.1. The normalized spacial score (nSPS) is 10.7. The standard InChI is InChI=1S/C21H23ClN2O3S/c1-25-17-10-15(11-18(26-2)21(17)27-3)19-12-24-20(28-19)13-23-9-8-14-4-6-16(22)7-5-14/h4-7,10-12,23H,8-9,13H2,1-3H3. The molecule has 0 unspecified atom stereocenters. The molecule has 1 aromatic heterocycles. The van der Waals surface area contributed by atoms with Crippen LogP contribution in [-0.4, -0.2) is 32.9 Å². The summed E-state index contributed by atoms with van der Waals surface area (Å²) in [5, 5.41) is 5.23. The van der Waals surface area contributed by atoms with Crippen LogP contribution in [-0.2, 0) is 13.0 Å². The lowest BCUT2D eigenvalue weighted by molar-refractivity contribution is 0.324. The Kier molecular flexibility index (Phi) is 7.14. The number of nitrogens with zero attached hydrogens (tertiary/aromatic N) is 1. The molecule has 0 bridgehead atoms. The van der Waals surface area contributed by atoms with Gasteiger partial charge in [-0.2, -0.15) is 0 Å². The number of nitrogens with one attached hydrogen (secondary N) is 1. The van der Waals surface area contributed by atoms with Crippen molar-refractivity contribution in [2.75, 3.05) is 27.9 Å². The van der Waals surface area contributed by atoms with Gasteiger partial charge in [-0.25, -0.2) is 4.98 Å². The van der Waals surface area contributed by atoms with Gasteiger partial charge in [0.05, 0.1) is 26.2 Å². The second-order valence-corrected chi connectivity index (χ2v) is 7.64. The maximum absolute atomic E-state index is 5.92. The van der Waals surface area contributed by atoms with E-state index in [1.54, 1.807) is 32.7 Å². The van der Waals surface area contributed by atoms with Gasteiger partial charge in [-0.1, -0.05) is 23.7 Å². The van der Waals surface area contributed by atoms with E-state index < -0.39 is 0 Å². The zero-order valence-corrected chi connectivity index (χ0v) is 17.7. The molecule has 0 amide bonds. The van der Waals surface area contributed by atoms with Crippen LogP contribution in [0.4, 0.5) is 0 Å². The van der Waals surface area contributed by atoms with Crippen LogP contribution >= 0.6 is 22.9 Å². The molecule has 1 N–H and O–H groups in total. The molecule has 0 saturated carbocycles. The summed E-state index contributed by atoms with van der Waals surface area (Å²) in [4.78, 5) is 5.58. The van der Waals surface area contributed by atoms with Crippen LogP contribution in [0, 0.1) is 0 Å². The summed E-state index contributed by atoms with van der Waals surface area (Å²) in [5.41, 5.74) is 2.24. The molecule has 28 heavy (non-hydrogen) atoms. The van der Waals surface area contributed by atoms with E-state index in [-0.39, 0.29) is 0 Å². The van der Waals surface area contributed by atoms with Crippen molar-refractivity contribution in [1.82, 2.24) is 10.3 Å². The number of benzene rings is 2. The van der Waals surface area contributed by atoms with Crippen molar-refractivity contribution in [2.24, 2.45) is 0 Å². The fourth-order valence-electron chi connectivity index (χ4n) is 2.83. The van der Waals surface area contributed by atoms with Gasteiger partial charge in [0.15, 0.2) is 11.5 Å². The van der Waals surface area contributed by atoms with E-state index in [4.69, 9.17) is 25.8 Å². The van der Waals surface area contributed by atoms with E-state index in [0.29, 0.717) is 17.2 Å². The Morgan fingerprint density at radius 2 is 1.68 bits per heavy atom. The van der Waals surface area contributed by atoms with Crippen molar-refractivity contribution in [3.8, 4) is 27.7 Å². The number of halogens is 1. The lowest BCUT2D eigenvalue weighted by Gasteiger charge is -2.13. The van der Waals surface area contributed by atoms with E-state index in [2.05, 4.69) is 22.4 Å². The van der Waals surface area contributed by atoms with E-state index in [1.165, 1.54) is 5.56 Å². The van der Waals surface area contributed by atoms with Crippen molar-refractivity contribution >= 4 is 22.9 Å². The molecule has 0 aliphatic heterocycles. The highest BCUT2D eigenvalue weighted by Crippen LogP contribution is 2.42. The lowest BCUT2D eigenvalue weighted by Crippen LogP contribution is -2.16. The molecule has 0 spiro atoms. The largest absolute Gasteiger partial charge is 0.493 e. The van der Waals surface area contributed by atoms with Crippen LogP contribution in [0.15, 0.2) is 42.6 Å². The molecule has 0 fully saturated rings. The molecule has 0 aliphatic carbocycles. The third kappa shape index (κ3) is 4.95. The van der Waals surface area contributed by atoms with Gasteiger partial charge in [0, 0.05) is 23.3 Å². The van der Waals surface area contributed by atoms with E-state index in [0.717, 1.165) is 40.0 Å². The second kappa shape index (κ2) is 9.78. The molecule has 0 radical (unpaired) electrons. The Balaban J connectivity index is 1.63. The highest BCUT2D eigenvalue weighted by Gasteiger charge is 2.15. The number of ether oxygens (including phenoxy) is 3. The molecule has 5 nitrogen and oxygen atoms in total. The van der Waals surface area contributed by atoms with Gasteiger partial charge in [0.1, 0.15) is 5.01 Å². The van der Waals surface area contributed by atoms with Crippen molar-refractivity contribution < 1.29 is 14.2 Å². The molecule has 0 aliphatic rings. The minimum atomic E-state index is 0.586. The Hall–Kier alpha value is -2.28. The van der Waals surface area contributed by atoms with Crippen LogP contribution in [0.1, 0.15) is 10.6 Å². The van der Waals surface area contributed by atoms with Crippen LogP contribution in [0.3, 0.4) is 0 Å². The number of thiazole rings is 1. The number of rotatable bonds is 9. The highest BCUT2D eigenvalue weighted by atomic mass is 35.5. The molecule has 0 saturated heterocycles. The van der Waals surface area contributed by atoms with Gasteiger partial charge in [-0.05, 0) is 42.8 Å². The van der Waals surface area contributed by atoms with E-state index in [1.807, 2.05) is 30.5 Å². The summed E-state index contributed by atoms with van der Waals surface area (Å²) in [6, 6.07) is 11.8. The highest BCUT2D eigenvalue weighted by molar-refractivity contribution is 7.15. The predicted octanol–water partition coefficient (Wildman–Crippen LogP) is 4.82. The summed E-state index contributed by atoms with van der Waals surface area (Å²) in [5.74, 6) is 1.85. The van der Waals surface area contributed by atoms with Crippen LogP contribution in [0.5, 0.6) is 17.2 Å². The molecule has 2 aromatic carbocycles. The zero-order chi connectivity index (χ0) is 19.9. The molecular weight excluding hydrogens is 396 g/mol. The maximum Gasteiger partial charge on any atom is 0.203 e. The molecule has 1 heterocycles. The van der Waals surface area contributed by atoms with Gasteiger partial charge in [-0.15, -0.1) is 11.3 Å². The minimum absolute atomic E-state index is 0.586.